The first-order valence-electron chi connectivity index (χ1n) is 4.99. The van der Waals surface area contributed by atoms with Gasteiger partial charge in [-0.1, -0.05) is 0 Å². The molecule has 0 heterocycles. The van der Waals surface area contributed by atoms with Crippen molar-refractivity contribution in [2.24, 2.45) is 0 Å². The maximum absolute atomic E-state index is 11.0. The van der Waals surface area contributed by atoms with Gasteiger partial charge in [0.05, 0.1) is 6.07 Å². The molecule has 1 aromatic carbocycles. The molecule has 0 radical (unpaired) electrons. The summed E-state index contributed by atoms with van der Waals surface area (Å²) >= 11 is 0. The molecule has 1 N–H and O–H groups in total. The molecule has 0 aliphatic rings. The lowest BCUT2D eigenvalue weighted by atomic mass is 10.0. The fraction of sp³-hybridized carbons (Fsp3) is 0.231. The average Bonchev–Trinajstić information content (AvgIpc) is 2.20. The van der Waals surface area contributed by atoms with Crippen LogP contribution >= 0.6 is 0 Å². The van der Waals surface area contributed by atoms with E-state index in [9.17, 15) is 4.79 Å². The second kappa shape index (κ2) is 5.13. The van der Waals surface area contributed by atoms with Crippen LogP contribution in [0.25, 0.3) is 6.08 Å². The molecule has 0 aliphatic carbocycles. The van der Waals surface area contributed by atoms with Crippen molar-refractivity contribution in [3.8, 4) is 6.07 Å². The monoisotopic (exact) mass is 214 g/mol. The Morgan fingerprint density at radius 2 is 2.06 bits per heavy atom. The van der Waals surface area contributed by atoms with E-state index in [-0.39, 0.29) is 5.91 Å². The third kappa shape index (κ3) is 2.96. The van der Waals surface area contributed by atoms with E-state index >= 15 is 0 Å². The second-order valence-electron chi connectivity index (χ2n) is 3.67. The number of nitriles is 1. The van der Waals surface area contributed by atoms with Crippen molar-refractivity contribution in [1.82, 2.24) is 0 Å². The zero-order valence-electron chi connectivity index (χ0n) is 9.66. The summed E-state index contributed by atoms with van der Waals surface area (Å²) in [4.78, 5) is 11.0. The van der Waals surface area contributed by atoms with Gasteiger partial charge in [-0.2, -0.15) is 5.26 Å². The maximum atomic E-state index is 11.0. The summed E-state index contributed by atoms with van der Waals surface area (Å²) in [5.41, 5.74) is 3.83. The first-order valence-corrected chi connectivity index (χ1v) is 4.99. The van der Waals surface area contributed by atoms with Crippen LogP contribution < -0.4 is 5.32 Å². The molecule has 0 aromatic heterocycles. The first kappa shape index (κ1) is 12.0. The number of anilines is 1. The molecule has 16 heavy (non-hydrogen) atoms. The lowest BCUT2D eigenvalue weighted by Crippen LogP contribution is -2.07. The van der Waals surface area contributed by atoms with Crippen molar-refractivity contribution in [1.29, 1.82) is 5.26 Å². The van der Waals surface area contributed by atoms with E-state index in [2.05, 4.69) is 5.32 Å². The van der Waals surface area contributed by atoms with Gasteiger partial charge in [-0.05, 0) is 48.7 Å². The van der Waals surface area contributed by atoms with Crippen molar-refractivity contribution >= 4 is 17.7 Å². The smallest absolute Gasteiger partial charge is 0.221 e. The van der Waals surface area contributed by atoms with Crippen LogP contribution in [0.15, 0.2) is 18.2 Å². The van der Waals surface area contributed by atoms with Crippen molar-refractivity contribution in [3.63, 3.8) is 0 Å². The number of rotatable bonds is 2. The van der Waals surface area contributed by atoms with Gasteiger partial charge in [-0.3, -0.25) is 4.79 Å². The van der Waals surface area contributed by atoms with Crippen LogP contribution in [0.5, 0.6) is 0 Å². The number of carbonyl (C=O) groups excluding carboxylic acids is 1. The molecule has 0 bridgehead atoms. The highest BCUT2D eigenvalue weighted by Crippen LogP contribution is 2.21. The van der Waals surface area contributed by atoms with Gasteiger partial charge >= 0.3 is 0 Å². The summed E-state index contributed by atoms with van der Waals surface area (Å²) < 4.78 is 0. The molecule has 3 heteroatoms. The first-order chi connectivity index (χ1) is 7.54. The largest absolute Gasteiger partial charge is 0.326 e. The molecule has 1 amide bonds. The molecule has 82 valence electrons. The molecule has 0 fully saturated rings. The predicted molar refractivity (Wildman–Crippen MR) is 64.9 cm³/mol. The number of hydrogen-bond donors (Lipinski definition) is 1. The Labute approximate surface area is 95.4 Å². The standard InChI is InChI=1S/C13H14N2O/c1-9-8-13(15-11(3)16)10(2)7-12(9)5-4-6-14/h4-5,7-8H,1-3H3,(H,15,16)/b5-4+. The molecule has 3 nitrogen and oxygen atoms in total. The van der Waals surface area contributed by atoms with E-state index in [1.165, 1.54) is 13.0 Å². The van der Waals surface area contributed by atoms with Crippen LogP contribution in [-0.2, 0) is 4.79 Å². The van der Waals surface area contributed by atoms with Crippen molar-refractivity contribution in [3.05, 3.63) is 34.9 Å². The van der Waals surface area contributed by atoms with Crippen LogP contribution in [0.4, 0.5) is 5.69 Å². The number of allylic oxidation sites excluding steroid dienone is 1. The number of nitrogens with zero attached hydrogens (tertiary/aromatic N) is 1. The normalized spacial score (nSPS) is 10.1. The number of aryl methyl sites for hydroxylation is 2. The van der Waals surface area contributed by atoms with E-state index in [1.54, 1.807) is 6.08 Å². The zero-order valence-corrected chi connectivity index (χ0v) is 9.66. The Balaban J connectivity index is 3.12. The van der Waals surface area contributed by atoms with Crippen molar-refractivity contribution in [2.45, 2.75) is 20.8 Å². The fourth-order valence-corrected chi connectivity index (χ4v) is 1.47. The van der Waals surface area contributed by atoms with Crippen molar-refractivity contribution in [2.75, 3.05) is 5.32 Å². The van der Waals surface area contributed by atoms with Crippen LogP contribution in [0.2, 0.25) is 0 Å². The Morgan fingerprint density at radius 3 is 2.62 bits per heavy atom. The summed E-state index contributed by atoms with van der Waals surface area (Å²) in [6, 6.07) is 5.82. The van der Waals surface area contributed by atoms with Crippen molar-refractivity contribution < 1.29 is 4.79 Å². The lowest BCUT2D eigenvalue weighted by molar-refractivity contribution is -0.114. The summed E-state index contributed by atoms with van der Waals surface area (Å²) in [7, 11) is 0. The second-order valence-corrected chi connectivity index (χ2v) is 3.67. The number of hydrogen-bond acceptors (Lipinski definition) is 2. The molecular weight excluding hydrogens is 200 g/mol. The van der Waals surface area contributed by atoms with Gasteiger partial charge in [0.1, 0.15) is 0 Å². The minimum Gasteiger partial charge on any atom is -0.326 e. The third-order valence-electron chi connectivity index (χ3n) is 2.26. The third-order valence-corrected chi connectivity index (χ3v) is 2.26. The van der Waals surface area contributed by atoms with Gasteiger partial charge in [0.15, 0.2) is 0 Å². The topological polar surface area (TPSA) is 52.9 Å². The predicted octanol–water partition coefficient (Wildman–Crippen LogP) is 2.80. The van der Waals surface area contributed by atoms with Crippen LogP contribution in [0.1, 0.15) is 23.6 Å². The van der Waals surface area contributed by atoms with Gasteiger partial charge in [0.2, 0.25) is 5.91 Å². The van der Waals surface area contributed by atoms with Gasteiger partial charge < -0.3 is 5.32 Å². The maximum Gasteiger partial charge on any atom is 0.221 e. The minimum absolute atomic E-state index is 0.0807. The quantitative estimate of drug-likeness (QED) is 0.769. The van der Waals surface area contributed by atoms with E-state index in [4.69, 9.17) is 5.26 Å². The molecular formula is C13H14N2O. The van der Waals surface area contributed by atoms with Gasteiger partial charge in [-0.25, -0.2) is 0 Å². The Bertz CT molecular complexity index is 481. The van der Waals surface area contributed by atoms with E-state index in [0.29, 0.717) is 0 Å². The minimum atomic E-state index is -0.0807. The number of benzene rings is 1. The number of carbonyl (C=O) groups is 1. The molecule has 0 saturated heterocycles. The molecule has 0 saturated carbocycles. The molecule has 1 rings (SSSR count). The Morgan fingerprint density at radius 1 is 1.38 bits per heavy atom. The molecule has 0 atom stereocenters. The van der Waals surface area contributed by atoms with Crippen LogP contribution in [-0.4, -0.2) is 5.91 Å². The number of nitrogens with one attached hydrogen (secondary N) is 1. The summed E-state index contributed by atoms with van der Waals surface area (Å²) in [5, 5.41) is 11.2. The molecule has 0 unspecified atom stereocenters. The van der Waals surface area contributed by atoms with E-state index < -0.39 is 0 Å². The Hall–Kier alpha value is -2.08. The van der Waals surface area contributed by atoms with E-state index in [1.807, 2.05) is 32.0 Å². The lowest BCUT2D eigenvalue weighted by Gasteiger charge is -2.10. The van der Waals surface area contributed by atoms with Crippen LogP contribution in [0, 0.1) is 25.2 Å². The van der Waals surface area contributed by atoms with Gasteiger partial charge in [0, 0.05) is 18.7 Å². The molecule has 0 spiro atoms. The van der Waals surface area contributed by atoms with E-state index in [0.717, 1.165) is 22.4 Å². The Kier molecular flexibility index (Phi) is 3.84. The van der Waals surface area contributed by atoms with Gasteiger partial charge in [0.25, 0.3) is 0 Å². The number of amides is 1. The average molecular weight is 214 g/mol. The highest BCUT2D eigenvalue weighted by Gasteiger charge is 2.03. The molecule has 0 aliphatic heterocycles. The highest BCUT2D eigenvalue weighted by atomic mass is 16.1. The van der Waals surface area contributed by atoms with Crippen LogP contribution in [0.3, 0.4) is 0 Å². The summed E-state index contributed by atoms with van der Waals surface area (Å²) in [5.74, 6) is -0.0807. The van der Waals surface area contributed by atoms with Gasteiger partial charge in [-0.15, -0.1) is 0 Å². The zero-order chi connectivity index (χ0) is 12.1. The SMILES string of the molecule is CC(=O)Nc1cc(C)c(/C=C/C#N)cc1C. The summed E-state index contributed by atoms with van der Waals surface area (Å²) in [6.45, 7) is 5.36. The highest BCUT2D eigenvalue weighted by molar-refractivity contribution is 5.90. The fourth-order valence-electron chi connectivity index (χ4n) is 1.47. The molecule has 1 aromatic rings. The summed E-state index contributed by atoms with van der Waals surface area (Å²) in [6.07, 6.45) is 3.21.